The summed E-state index contributed by atoms with van der Waals surface area (Å²) in [5, 5.41) is 0. The fourth-order valence-electron chi connectivity index (χ4n) is 3.30. The molecule has 0 bridgehead atoms. The molecule has 1 unspecified atom stereocenters. The van der Waals surface area contributed by atoms with Crippen LogP contribution in [-0.4, -0.2) is 0 Å². The lowest BCUT2D eigenvalue weighted by Gasteiger charge is -2.17. The third-order valence-corrected chi connectivity index (χ3v) is 5.19. The average Bonchev–Trinajstić information content (AvgIpc) is 2.61. The summed E-state index contributed by atoms with van der Waals surface area (Å²) >= 11 is 0. The molecule has 0 heteroatoms. The van der Waals surface area contributed by atoms with Gasteiger partial charge in [0.2, 0.25) is 0 Å². The van der Waals surface area contributed by atoms with Gasteiger partial charge in [-0.25, -0.2) is 0 Å². The molecule has 1 aliphatic carbocycles. The first-order valence-electron chi connectivity index (χ1n) is 9.42. The van der Waals surface area contributed by atoms with Crippen LogP contribution in [0.2, 0.25) is 0 Å². The van der Waals surface area contributed by atoms with Crippen LogP contribution in [0.4, 0.5) is 0 Å². The van der Waals surface area contributed by atoms with Crippen molar-refractivity contribution in [3.05, 3.63) is 95.6 Å². The number of allylic oxidation sites excluding steroid dienone is 7. The van der Waals surface area contributed by atoms with Crippen molar-refractivity contribution < 1.29 is 0 Å². The molecule has 0 saturated carbocycles. The predicted molar refractivity (Wildman–Crippen MR) is 112 cm³/mol. The van der Waals surface area contributed by atoms with Gasteiger partial charge in [0.1, 0.15) is 0 Å². The van der Waals surface area contributed by atoms with Crippen molar-refractivity contribution in [3.8, 4) is 0 Å². The van der Waals surface area contributed by atoms with Gasteiger partial charge in [-0.2, -0.15) is 0 Å². The monoisotopic (exact) mass is 332 g/mol. The lowest BCUT2D eigenvalue weighted by molar-refractivity contribution is 0.561. The smallest absolute Gasteiger partial charge is 0.0195 e. The fourth-order valence-corrected chi connectivity index (χ4v) is 3.30. The molecule has 1 aliphatic rings. The Morgan fingerprint density at radius 2 is 1.80 bits per heavy atom. The maximum absolute atomic E-state index is 4.27. The third-order valence-electron chi connectivity index (χ3n) is 5.19. The summed E-state index contributed by atoms with van der Waals surface area (Å²) in [5.41, 5.74) is 7.69. The van der Waals surface area contributed by atoms with Gasteiger partial charge in [-0.3, -0.25) is 0 Å². The SMILES string of the molecule is C=C(C)C1=CCC(CCCC(=C)C(=C)CCc2ccccc2C)C=C1. The van der Waals surface area contributed by atoms with Crippen LogP contribution in [0.5, 0.6) is 0 Å². The molecule has 0 fully saturated rings. The van der Waals surface area contributed by atoms with Crippen LogP contribution in [0.15, 0.2) is 84.5 Å². The highest BCUT2D eigenvalue weighted by molar-refractivity contribution is 5.38. The van der Waals surface area contributed by atoms with E-state index in [0.717, 1.165) is 31.3 Å². The summed E-state index contributed by atoms with van der Waals surface area (Å²) in [6.45, 7) is 16.8. The van der Waals surface area contributed by atoms with Crippen LogP contribution in [0.3, 0.4) is 0 Å². The highest BCUT2D eigenvalue weighted by Gasteiger charge is 2.10. The minimum atomic E-state index is 0.663. The normalized spacial score (nSPS) is 16.4. The number of hydrogen-bond acceptors (Lipinski definition) is 0. The quantitative estimate of drug-likeness (QED) is 0.416. The minimum absolute atomic E-state index is 0.663. The first-order valence-corrected chi connectivity index (χ1v) is 9.42. The summed E-state index contributed by atoms with van der Waals surface area (Å²) in [4.78, 5) is 0. The van der Waals surface area contributed by atoms with Gasteiger partial charge < -0.3 is 0 Å². The van der Waals surface area contributed by atoms with Gasteiger partial charge in [-0.1, -0.05) is 78.9 Å². The Labute approximate surface area is 154 Å². The van der Waals surface area contributed by atoms with Crippen LogP contribution in [-0.2, 0) is 6.42 Å². The summed E-state index contributed by atoms with van der Waals surface area (Å²) in [6, 6.07) is 8.61. The highest BCUT2D eigenvalue weighted by atomic mass is 14.2. The van der Waals surface area contributed by atoms with Crippen molar-refractivity contribution in [1.29, 1.82) is 0 Å². The van der Waals surface area contributed by atoms with E-state index < -0.39 is 0 Å². The Balaban J connectivity index is 1.68. The molecule has 0 nitrogen and oxygen atoms in total. The van der Waals surface area contributed by atoms with E-state index >= 15 is 0 Å². The molecule has 1 aromatic carbocycles. The Hall–Kier alpha value is -2.08. The molecule has 1 atom stereocenters. The van der Waals surface area contributed by atoms with Gasteiger partial charge >= 0.3 is 0 Å². The maximum atomic E-state index is 4.27. The van der Waals surface area contributed by atoms with Crippen LogP contribution in [0.1, 0.15) is 50.2 Å². The van der Waals surface area contributed by atoms with Gasteiger partial charge in [-0.15, -0.1) is 0 Å². The van der Waals surface area contributed by atoms with Gasteiger partial charge in [0, 0.05) is 0 Å². The minimum Gasteiger partial charge on any atom is -0.0956 e. The molecule has 25 heavy (non-hydrogen) atoms. The maximum Gasteiger partial charge on any atom is -0.0195 e. The number of benzene rings is 1. The van der Waals surface area contributed by atoms with E-state index in [1.165, 1.54) is 40.7 Å². The van der Waals surface area contributed by atoms with E-state index in [0.29, 0.717) is 5.92 Å². The molecule has 0 aliphatic heterocycles. The molecule has 0 saturated heterocycles. The van der Waals surface area contributed by atoms with Crippen molar-refractivity contribution in [2.45, 2.75) is 52.4 Å². The van der Waals surface area contributed by atoms with Crippen molar-refractivity contribution in [1.82, 2.24) is 0 Å². The Bertz CT molecular complexity index is 697. The van der Waals surface area contributed by atoms with E-state index in [1.54, 1.807) is 0 Å². The molecule has 0 heterocycles. The van der Waals surface area contributed by atoms with E-state index in [4.69, 9.17) is 0 Å². The summed E-state index contributed by atoms with van der Waals surface area (Å²) in [6.07, 6.45) is 13.6. The highest BCUT2D eigenvalue weighted by Crippen LogP contribution is 2.26. The van der Waals surface area contributed by atoms with Crippen molar-refractivity contribution in [2.75, 3.05) is 0 Å². The zero-order valence-electron chi connectivity index (χ0n) is 16.0. The molecule has 0 N–H and O–H groups in total. The zero-order chi connectivity index (χ0) is 18.2. The summed E-state index contributed by atoms with van der Waals surface area (Å²) in [7, 11) is 0. The summed E-state index contributed by atoms with van der Waals surface area (Å²) < 4.78 is 0. The molecule has 0 radical (unpaired) electrons. The summed E-state index contributed by atoms with van der Waals surface area (Å²) in [5.74, 6) is 0.663. The lowest BCUT2D eigenvalue weighted by atomic mass is 9.89. The molecule has 0 amide bonds. The molecule has 0 aromatic heterocycles. The first-order chi connectivity index (χ1) is 12.0. The predicted octanol–water partition coefficient (Wildman–Crippen LogP) is 7.29. The van der Waals surface area contributed by atoms with Crippen LogP contribution in [0.25, 0.3) is 0 Å². The Morgan fingerprint density at radius 1 is 1.08 bits per heavy atom. The second-order valence-electron chi connectivity index (χ2n) is 7.32. The zero-order valence-corrected chi connectivity index (χ0v) is 16.0. The van der Waals surface area contributed by atoms with E-state index in [-0.39, 0.29) is 0 Å². The van der Waals surface area contributed by atoms with Gasteiger partial charge in [0.05, 0.1) is 0 Å². The van der Waals surface area contributed by atoms with Gasteiger partial charge in [0.25, 0.3) is 0 Å². The number of hydrogen-bond donors (Lipinski definition) is 0. The van der Waals surface area contributed by atoms with Crippen LogP contribution < -0.4 is 0 Å². The molecule has 1 aromatic rings. The Morgan fingerprint density at radius 3 is 2.44 bits per heavy atom. The van der Waals surface area contributed by atoms with Gasteiger partial charge in [0.15, 0.2) is 0 Å². The molecule has 132 valence electrons. The number of rotatable bonds is 9. The fraction of sp³-hybridized carbons (Fsp3) is 0.360. The topological polar surface area (TPSA) is 0 Å². The van der Waals surface area contributed by atoms with Crippen molar-refractivity contribution in [2.24, 2.45) is 5.92 Å². The standard InChI is InChI=1S/C25H32/c1-19(2)24-17-14-23(15-18-24)11-8-10-20(3)21(4)13-16-25-12-7-6-9-22(25)5/h6-7,9,12,14,17-18,23H,1,3-4,8,10-11,13,15-16H2,2,5H3. The number of aryl methyl sites for hydroxylation is 2. The van der Waals surface area contributed by atoms with E-state index in [9.17, 15) is 0 Å². The molecule has 2 rings (SSSR count). The first kappa shape index (κ1) is 19.2. The molecular formula is C25H32. The van der Waals surface area contributed by atoms with Crippen molar-refractivity contribution >= 4 is 0 Å². The van der Waals surface area contributed by atoms with E-state index in [1.807, 2.05) is 0 Å². The lowest BCUT2D eigenvalue weighted by Crippen LogP contribution is -2.01. The second kappa shape index (κ2) is 9.42. The largest absolute Gasteiger partial charge is 0.0956 e. The van der Waals surface area contributed by atoms with E-state index in [2.05, 4.69) is 76.1 Å². The molecular weight excluding hydrogens is 300 g/mol. The molecule has 0 spiro atoms. The second-order valence-corrected chi connectivity index (χ2v) is 7.32. The van der Waals surface area contributed by atoms with Crippen LogP contribution >= 0.6 is 0 Å². The van der Waals surface area contributed by atoms with Crippen LogP contribution in [0, 0.1) is 12.8 Å². The van der Waals surface area contributed by atoms with Crippen molar-refractivity contribution in [3.63, 3.8) is 0 Å². The third kappa shape index (κ3) is 6.05. The average molecular weight is 333 g/mol. The van der Waals surface area contributed by atoms with Gasteiger partial charge in [-0.05, 0) is 75.0 Å². The Kier molecular flexibility index (Phi) is 7.25.